The van der Waals surface area contributed by atoms with Crippen LogP contribution in [0.1, 0.15) is 44.3 Å². The molecule has 0 bridgehead atoms. The van der Waals surface area contributed by atoms with Crippen LogP contribution in [0.15, 0.2) is 6.20 Å². The molecule has 4 heteroatoms. The Balaban J connectivity index is 1.95. The van der Waals surface area contributed by atoms with E-state index in [0.717, 1.165) is 31.6 Å². The number of unbranched alkanes of at least 4 members (excludes halogenated alkanes) is 4. The first-order chi connectivity index (χ1) is 8.24. The van der Waals surface area contributed by atoms with Gasteiger partial charge in [-0.05, 0) is 19.8 Å². The van der Waals surface area contributed by atoms with Gasteiger partial charge in [0, 0.05) is 19.2 Å². The third-order valence-corrected chi connectivity index (χ3v) is 2.86. The number of hydrogen-bond donors (Lipinski definition) is 0. The molecule has 0 saturated heterocycles. The predicted octanol–water partition coefficient (Wildman–Crippen LogP) is 2.51. The normalized spacial score (nSPS) is 10.5. The molecule has 1 rings (SSSR count). The molecule has 4 nitrogen and oxygen atoms in total. The van der Waals surface area contributed by atoms with E-state index in [1.165, 1.54) is 20.0 Å². The molecule has 0 spiro atoms. The summed E-state index contributed by atoms with van der Waals surface area (Å²) in [5, 5.41) is 0. The fraction of sp³-hybridized carbons (Fsp3) is 0.692. The zero-order chi connectivity index (χ0) is 12.5. The number of ether oxygens (including phenoxy) is 1. The van der Waals surface area contributed by atoms with Crippen molar-refractivity contribution in [1.29, 1.82) is 0 Å². The van der Waals surface area contributed by atoms with E-state index >= 15 is 0 Å². The van der Waals surface area contributed by atoms with Crippen LogP contribution < -0.4 is 0 Å². The first-order valence-corrected chi connectivity index (χ1v) is 6.20. The number of nitrogens with zero attached hydrogens (tertiary/aromatic N) is 2. The monoisotopic (exact) mass is 237 g/mol. The second kappa shape index (κ2) is 7.87. The van der Waals surface area contributed by atoms with Crippen molar-refractivity contribution in [2.24, 2.45) is 0 Å². The lowest BCUT2D eigenvalue weighted by Crippen LogP contribution is -2.00. The van der Waals surface area contributed by atoms with Gasteiger partial charge in [0.15, 0.2) is 0 Å². The molecule has 0 aliphatic rings. The van der Waals surface area contributed by atoms with E-state index in [1.54, 1.807) is 0 Å². The molecule has 1 radical (unpaired) electrons. The van der Waals surface area contributed by atoms with Gasteiger partial charge in [-0.15, -0.1) is 0 Å². The number of carbonyl (C=O) groups excluding carboxylic acids is 1. The largest absolute Gasteiger partial charge is 0.469 e. The summed E-state index contributed by atoms with van der Waals surface area (Å²) in [6, 6.07) is 0. The summed E-state index contributed by atoms with van der Waals surface area (Å²) in [4.78, 5) is 14.9. The Bertz CT molecular complexity index is 334. The van der Waals surface area contributed by atoms with Gasteiger partial charge in [0.05, 0.1) is 7.11 Å². The zero-order valence-electron chi connectivity index (χ0n) is 10.7. The van der Waals surface area contributed by atoms with Crippen molar-refractivity contribution in [3.63, 3.8) is 0 Å². The van der Waals surface area contributed by atoms with Crippen LogP contribution in [0, 0.1) is 13.1 Å². The van der Waals surface area contributed by atoms with Gasteiger partial charge in [0.25, 0.3) is 0 Å². The molecule has 1 aromatic heterocycles. The maximum atomic E-state index is 10.9. The van der Waals surface area contributed by atoms with E-state index in [2.05, 4.69) is 20.5 Å². The van der Waals surface area contributed by atoms with Crippen LogP contribution in [0.4, 0.5) is 0 Å². The minimum absolute atomic E-state index is 0.102. The van der Waals surface area contributed by atoms with Crippen molar-refractivity contribution in [2.75, 3.05) is 7.11 Å². The molecule has 0 aliphatic heterocycles. The molecule has 0 aromatic carbocycles. The molecular weight excluding hydrogens is 216 g/mol. The summed E-state index contributed by atoms with van der Waals surface area (Å²) in [6.45, 7) is 3.01. The maximum Gasteiger partial charge on any atom is 0.305 e. The van der Waals surface area contributed by atoms with Gasteiger partial charge in [-0.25, -0.2) is 4.98 Å². The van der Waals surface area contributed by atoms with Crippen LogP contribution in [0.3, 0.4) is 0 Å². The van der Waals surface area contributed by atoms with Crippen molar-refractivity contribution in [3.05, 3.63) is 18.2 Å². The van der Waals surface area contributed by atoms with E-state index in [-0.39, 0.29) is 5.97 Å². The van der Waals surface area contributed by atoms with Gasteiger partial charge in [0.1, 0.15) is 12.0 Å². The number of hydrogen-bond acceptors (Lipinski definition) is 3. The van der Waals surface area contributed by atoms with E-state index in [4.69, 9.17) is 0 Å². The average Bonchev–Trinajstić information content (AvgIpc) is 2.73. The minimum Gasteiger partial charge on any atom is -0.469 e. The molecule has 17 heavy (non-hydrogen) atoms. The zero-order valence-corrected chi connectivity index (χ0v) is 10.7. The van der Waals surface area contributed by atoms with Crippen molar-refractivity contribution in [1.82, 2.24) is 9.55 Å². The van der Waals surface area contributed by atoms with E-state index in [0.29, 0.717) is 6.42 Å². The van der Waals surface area contributed by atoms with Crippen LogP contribution in [0.5, 0.6) is 0 Å². The fourth-order valence-electron chi connectivity index (χ4n) is 1.76. The maximum absolute atomic E-state index is 10.9. The number of aryl methyl sites for hydroxylation is 2. The Morgan fingerprint density at radius 1 is 1.35 bits per heavy atom. The van der Waals surface area contributed by atoms with Gasteiger partial charge in [0.2, 0.25) is 0 Å². The highest BCUT2D eigenvalue weighted by molar-refractivity contribution is 5.68. The second-order valence-corrected chi connectivity index (χ2v) is 4.20. The number of imidazole rings is 1. The molecular formula is C13H21N2O2. The number of esters is 1. The Hall–Kier alpha value is -1.32. The SMILES string of the molecule is COC(=O)CCCCCCCn1c[c]nc1C. The van der Waals surface area contributed by atoms with Crippen molar-refractivity contribution in [3.8, 4) is 0 Å². The Morgan fingerprint density at radius 3 is 2.71 bits per heavy atom. The van der Waals surface area contributed by atoms with Gasteiger partial charge in [-0.1, -0.05) is 19.3 Å². The number of methoxy groups -OCH3 is 1. The van der Waals surface area contributed by atoms with Crippen LogP contribution >= 0.6 is 0 Å². The Morgan fingerprint density at radius 2 is 2.06 bits per heavy atom. The van der Waals surface area contributed by atoms with Crippen LogP contribution in [0.2, 0.25) is 0 Å². The predicted molar refractivity (Wildman–Crippen MR) is 65.5 cm³/mol. The van der Waals surface area contributed by atoms with E-state index in [9.17, 15) is 4.79 Å². The van der Waals surface area contributed by atoms with Crippen molar-refractivity contribution >= 4 is 5.97 Å². The highest BCUT2D eigenvalue weighted by atomic mass is 16.5. The summed E-state index contributed by atoms with van der Waals surface area (Å²) < 4.78 is 6.71. The smallest absolute Gasteiger partial charge is 0.305 e. The molecule has 0 unspecified atom stereocenters. The van der Waals surface area contributed by atoms with E-state index < -0.39 is 0 Å². The lowest BCUT2D eigenvalue weighted by Gasteiger charge is -2.04. The Labute approximate surface area is 103 Å². The lowest BCUT2D eigenvalue weighted by molar-refractivity contribution is -0.140. The van der Waals surface area contributed by atoms with Gasteiger partial charge >= 0.3 is 5.97 Å². The first kappa shape index (κ1) is 13.7. The highest BCUT2D eigenvalue weighted by Gasteiger charge is 2.00. The molecule has 0 amide bonds. The molecule has 0 atom stereocenters. The average molecular weight is 237 g/mol. The molecule has 0 N–H and O–H groups in total. The topological polar surface area (TPSA) is 44.1 Å². The third-order valence-electron chi connectivity index (χ3n) is 2.86. The standard InChI is InChI=1S/C13H21N2O2/c1-12-14-9-11-15(12)10-7-5-3-4-6-8-13(16)17-2/h11H,3-8,10H2,1-2H3. The summed E-state index contributed by atoms with van der Waals surface area (Å²) in [5.41, 5.74) is 0. The van der Waals surface area contributed by atoms with E-state index in [1.807, 2.05) is 13.1 Å². The molecule has 0 saturated carbocycles. The van der Waals surface area contributed by atoms with Crippen molar-refractivity contribution < 1.29 is 9.53 Å². The molecule has 1 heterocycles. The van der Waals surface area contributed by atoms with Crippen LogP contribution in [-0.2, 0) is 16.1 Å². The van der Waals surface area contributed by atoms with Crippen molar-refractivity contribution in [2.45, 2.75) is 52.0 Å². The minimum atomic E-state index is -0.102. The summed E-state index contributed by atoms with van der Waals surface area (Å²) in [6.07, 6.45) is 10.8. The van der Waals surface area contributed by atoms with Crippen LogP contribution in [0.25, 0.3) is 0 Å². The van der Waals surface area contributed by atoms with Crippen LogP contribution in [-0.4, -0.2) is 22.6 Å². The number of carbonyl (C=O) groups is 1. The third kappa shape index (κ3) is 5.52. The summed E-state index contributed by atoms with van der Waals surface area (Å²) in [7, 11) is 1.44. The quantitative estimate of drug-likeness (QED) is 0.515. The van der Waals surface area contributed by atoms with Gasteiger partial charge in [-0.3, -0.25) is 4.79 Å². The molecule has 1 aromatic rings. The molecule has 0 fully saturated rings. The highest BCUT2D eigenvalue weighted by Crippen LogP contribution is 2.07. The summed E-state index contributed by atoms with van der Waals surface area (Å²) >= 11 is 0. The Kier molecular flexibility index (Phi) is 6.37. The first-order valence-electron chi connectivity index (χ1n) is 6.20. The van der Waals surface area contributed by atoms with Gasteiger partial charge in [-0.2, -0.15) is 0 Å². The fourth-order valence-corrected chi connectivity index (χ4v) is 1.76. The summed E-state index contributed by atoms with van der Waals surface area (Å²) in [5.74, 6) is 0.922. The number of rotatable bonds is 8. The van der Waals surface area contributed by atoms with Gasteiger partial charge < -0.3 is 9.30 Å². The number of aromatic nitrogens is 2. The lowest BCUT2D eigenvalue weighted by atomic mass is 10.1. The molecule has 0 aliphatic carbocycles. The second-order valence-electron chi connectivity index (χ2n) is 4.20. The molecule has 95 valence electrons.